The predicted octanol–water partition coefficient (Wildman–Crippen LogP) is -1.49. The first-order valence-corrected chi connectivity index (χ1v) is 11.0. The van der Waals surface area contributed by atoms with E-state index in [1.807, 2.05) is 6.07 Å². The summed E-state index contributed by atoms with van der Waals surface area (Å²) >= 11 is 0. The Balaban J connectivity index is 1.75. The zero-order valence-corrected chi connectivity index (χ0v) is 18.9. The molecule has 0 radical (unpaired) electrons. The van der Waals surface area contributed by atoms with Crippen LogP contribution in [0.15, 0.2) is 54.6 Å². The van der Waals surface area contributed by atoms with Gasteiger partial charge in [0.05, 0.1) is 19.6 Å². The summed E-state index contributed by atoms with van der Waals surface area (Å²) in [5.41, 5.74) is 1.45. The van der Waals surface area contributed by atoms with Crippen LogP contribution >= 0.6 is 0 Å². The van der Waals surface area contributed by atoms with Crippen LogP contribution in [-0.4, -0.2) is 66.4 Å². The molecular formula is C24H27N5O6. The number of nitrogens with one attached hydrogen (secondary N) is 5. The molecule has 1 saturated heterocycles. The van der Waals surface area contributed by atoms with Crippen molar-refractivity contribution in [2.24, 2.45) is 0 Å². The van der Waals surface area contributed by atoms with Crippen molar-refractivity contribution in [3.8, 4) is 5.75 Å². The van der Waals surface area contributed by atoms with E-state index in [1.54, 1.807) is 36.4 Å². The van der Waals surface area contributed by atoms with E-state index < -0.39 is 54.7 Å². The highest BCUT2D eigenvalue weighted by atomic mass is 16.3. The Morgan fingerprint density at radius 2 is 1.06 bits per heavy atom. The van der Waals surface area contributed by atoms with Crippen molar-refractivity contribution in [3.63, 3.8) is 0 Å². The van der Waals surface area contributed by atoms with Crippen molar-refractivity contribution in [1.82, 2.24) is 26.6 Å². The average Bonchev–Trinajstić information content (AvgIpc) is 2.85. The van der Waals surface area contributed by atoms with Crippen molar-refractivity contribution in [1.29, 1.82) is 0 Å². The van der Waals surface area contributed by atoms with Gasteiger partial charge < -0.3 is 31.7 Å². The van der Waals surface area contributed by atoms with Crippen molar-refractivity contribution in [3.05, 3.63) is 65.7 Å². The molecule has 1 heterocycles. The molecule has 1 fully saturated rings. The number of rotatable bonds is 4. The maximum absolute atomic E-state index is 12.8. The molecule has 11 nitrogen and oxygen atoms in total. The minimum atomic E-state index is -1.04. The zero-order valence-electron chi connectivity index (χ0n) is 18.9. The Hall–Kier alpha value is -4.41. The Labute approximate surface area is 201 Å². The fourth-order valence-corrected chi connectivity index (χ4v) is 3.45. The number of phenolic OH excluding ortho intramolecular Hbond substituents is 1. The van der Waals surface area contributed by atoms with Crippen LogP contribution in [-0.2, 0) is 36.8 Å². The second-order valence-corrected chi connectivity index (χ2v) is 8.01. The van der Waals surface area contributed by atoms with E-state index in [0.717, 1.165) is 5.56 Å². The van der Waals surface area contributed by atoms with Crippen LogP contribution in [0.5, 0.6) is 5.75 Å². The third-order valence-electron chi connectivity index (χ3n) is 5.25. The number of phenols is 1. The van der Waals surface area contributed by atoms with Gasteiger partial charge in [-0.15, -0.1) is 0 Å². The lowest BCUT2D eigenvalue weighted by molar-refractivity contribution is -0.131. The molecule has 1 aliphatic heterocycles. The van der Waals surface area contributed by atoms with Gasteiger partial charge in [0.1, 0.15) is 17.8 Å². The van der Waals surface area contributed by atoms with Crippen molar-refractivity contribution in [2.45, 2.75) is 24.9 Å². The van der Waals surface area contributed by atoms with Gasteiger partial charge in [-0.25, -0.2) is 0 Å². The fraction of sp³-hybridized carbons (Fsp3) is 0.292. The second kappa shape index (κ2) is 12.2. The summed E-state index contributed by atoms with van der Waals surface area (Å²) in [6.07, 6.45) is 0.265. The molecule has 6 N–H and O–H groups in total. The first-order chi connectivity index (χ1) is 16.8. The normalized spacial score (nSPS) is 20.3. The standard InChI is InChI=1S/C24H27N5O6/c30-17-8-6-16(7-9-17)11-19-23(34)26-12-20(31)25-13-21(32)28-18(10-15-4-2-1-3-5-15)24(35)27-14-22(33)29-19/h1-9,18-19,30H,10-14H2,(H,25,31)(H,26,34)(H,27,35)(H,28,32)(H,29,33)/t18-,19-/m1/s1. The fourth-order valence-electron chi connectivity index (χ4n) is 3.45. The number of carbonyl (C=O) groups excluding carboxylic acids is 5. The van der Waals surface area contributed by atoms with Gasteiger partial charge in [0, 0.05) is 12.8 Å². The molecule has 0 aromatic heterocycles. The third-order valence-corrected chi connectivity index (χ3v) is 5.25. The minimum Gasteiger partial charge on any atom is -0.508 e. The van der Waals surface area contributed by atoms with E-state index >= 15 is 0 Å². The molecule has 2 aromatic carbocycles. The van der Waals surface area contributed by atoms with Crippen molar-refractivity contribution >= 4 is 29.5 Å². The summed E-state index contributed by atoms with van der Waals surface area (Å²) < 4.78 is 0. The van der Waals surface area contributed by atoms with Gasteiger partial charge in [-0.2, -0.15) is 0 Å². The zero-order chi connectivity index (χ0) is 25.2. The minimum absolute atomic E-state index is 0.0527. The molecule has 2 atom stereocenters. The molecule has 0 saturated carbocycles. The summed E-state index contributed by atoms with van der Waals surface area (Å²) in [6, 6.07) is 13.1. The maximum Gasteiger partial charge on any atom is 0.243 e. The topological polar surface area (TPSA) is 166 Å². The predicted molar refractivity (Wildman–Crippen MR) is 125 cm³/mol. The second-order valence-electron chi connectivity index (χ2n) is 8.01. The van der Waals surface area contributed by atoms with E-state index in [2.05, 4.69) is 26.6 Å². The van der Waals surface area contributed by atoms with E-state index in [0.29, 0.717) is 5.56 Å². The Kier molecular flexibility index (Phi) is 8.76. The van der Waals surface area contributed by atoms with Crippen LogP contribution < -0.4 is 26.6 Å². The van der Waals surface area contributed by atoms with Crippen LogP contribution in [0.2, 0.25) is 0 Å². The summed E-state index contributed by atoms with van der Waals surface area (Å²) in [6.45, 7) is -1.21. The van der Waals surface area contributed by atoms with Crippen LogP contribution in [0.4, 0.5) is 0 Å². The molecule has 0 bridgehead atoms. The monoisotopic (exact) mass is 481 g/mol. The molecule has 2 aromatic rings. The van der Waals surface area contributed by atoms with Crippen molar-refractivity contribution in [2.75, 3.05) is 19.6 Å². The molecule has 0 aliphatic carbocycles. The Bertz CT molecular complexity index is 1070. The lowest BCUT2D eigenvalue weighted by Gasteiger charge is -2.20. The molecular weight excluding hydrogens is 454 g/mol. The van der Waals surface area contributed by atoms with Gasteiger partial charge in [-0.3, -0.25) is 24.0 Å². The van der Waals surface area contributed by atoms with E-state index in [-0.39, 0.29) is 25.1 Å². The van der Waals surface area contributed by atoms with Crippen LogP contribution in [0.1, 0.15) is 11.1 Å². The van der Waals surface area contributed by atoms with Crippen molar-refractivity contribution < 1.29 is 29.1 Å². The lowest BCUT2D eigenvalue weighted by atomic mass is 10.0. The molecule has 35 heavy (non-hydrogen) atoms. The van der Waals surface area contributed by atoms with Gasteiger partial charge in [0.25, 0.3) is 0 Å². The van der Waals surface area contributed by atoms with E-state index in [1.165, 1.54) is 12.1 Å². The smallest absolute Gasteiger partial charge is 0.243 e. The van der Waals surface area contributed by atoms with Crippen LogP contribution in [0.25, 0.3) is 0 Å². The summed E-state index contributed by atoms with van der Waals surface area (Å²) in [4.78, 5) is 62.5. The number of carbonyl (C=O) groups is 5. The number of amides is 5. The maximum atomic E-state index is 12.8. The molecule has 11 heteroatoms. The van der Waals surface area contributed by atoms with E-state index in [9.17, 15) is 29.1 Å². The summed E-state index contributed by atoms with van der Waals surface area (Å²) in [5.74, 6) is -2.97. The van der Waals surface area contributed by atoms with Crippen LogP contribution in [0, 0.1) is 0 Å². The largest absolute Gasteiger partial charge is 0.508 e. The molecule has 5 amide bonds. The highest BCUT2D eigenvalue weighted by molar-refractivity contribution is 5.95. The summed E-state index contributed by atoms with van der Waals surface area (Å²) in [7, 11) is 0. The molecule has 3 rings (SSSR count). The molecule has 184 valence electrons. The first kappa shape index (κ1) is 25.2. The van der Waals surface area contributed by atoms with E-state index in [4.69, 9.17) is 0 Å². The van der Waals surface area contributed by atoms with Crippen LogP contribution in [0.3, 0.4) is 0 Å². The quantitative estimate of drug-likeness (QED) is 0.311. The average molecular weight is 482 g/mol. The molecule has 1 aliphatic rings. The highest BCUT2D eigenvalue weighted by Crippen LogP contribution is 2.11. The summed E-state index contributed by atoms with van der Waals surface area (Å²) in [5, 5.41) is 21.9. The number of hydrogen-bond donors (Lipinski definition) is 6. The molecule has 0 unspecified atom stereocenters. The van der Waals surface area contributed by atoms with Gasteiger partial charge in [-0.1, -0.05) is 42.5 Å². The third kappa shape index (κ3) is 8.14. The van der Waals surface area contributed by atoms with Gasteiger partial charge >= 0.3 is 0 Å². The molecule has 0 spiro atoms. The Morgan fingerprint density at radius 1 is 0.600 bits per heavy atom. The number of aromatic hydroxyl groups is 1. The van der Waals surface area contributed by atoms with Gasteiger partial charge in [0.15, 0.2) is 0 Å². The lowest BCUT2D eigenvalue weighted by Crippen LogP contribution is -2.53. The Morgan fingerprint density at radius 3 is 1.60 bits per heavy atom. The first-order valence-electron chi connectivity index (χ1n) is 11.0. The highest BCUT2D eigenvalue weighted by Gasteiger charge is 2.25. The number of benzene rings is 2. The van der Waals surface area contributed by atoms with Gasteiger partial charge in [-0.05, 0) is 23.3 Å². The van der Waals surface area contributed by atoms with Gasteiger partial charge in [0.2, 0.25) is 29.5 Å². The SMILES string of the molecule is O=C1CNC(=O)[C@@H](Cc2ccc(O)cc2)NC(=O)CNC(=O)[C@@H](Cc2ccccc2)NC(=O)CN1. The number of hydrogen-bond acceptors (Lipinski definition) is 6.